The fourth-order valence-corrected chi connectivity index (χ4v) is 6.20. The van der Waals surface area contributed by atoms with Crippen LogP contribution in [-0.4, -0.2) is 51.4 Å². The van der Waals surface area contributed by atoms with E-state index in [1.165, 1.54) is 36.3 Å². The van der Waals surface area contributed by atoms with Crippen LogP contribution in [0.3, 0.4) is 0 Å². The van der Waals surface area contributed by atoms with Crippen molar-refractivity contribution in [1.29, 1.82) is 0 Å². The van der Waals surface area contributed by atoms with Gasteiger partial charge in [-0.15, -0.1) is 0 Å². The molecule has 0 heterocycles. The van der Waals surface area contributed by atoms with E-state index in [1.54, 1.807) is 54.6 Å². The quantitative estimate of drug-likeness (QED) is 0.200. The van der Waals surface area contributed by atoms with Crippen molar-refractivity contribution in [2.24, 2.45) is 5.92 Å². The van der Waals surface area contributed by atoms with Crippen LogP contribution in [0, 0.1) is 11.7 Å². The maximum absolute atomic E-state index is 14.4. The zero-order valence-electron chi connectivity index (χ0n) is 25.6. The van der Waals surface area contributed by atoms with E-state index in [1.807, 2.05) is 44.2 Å². The van der Waals surface area contributed by atoms with Gasteiger partial charge in [-0.3, -0.25) is 13.9 Å². The molecule has 0 aliphatic carbocycles. The van der Waals surface area contributed by atoms with Crippen LogP contribution in [0.15, 0.2) is 114 Å². The van der Waals surface area contributed by atoms with Gasteiger partial charge in [0.25, 0.3) is 10.0 Å². The van der Waals surface area contributed by atoms with Crippen molar-refractivity contribution in [3.05, 3.63) is 126 Å². The molecule has 0 spiro atoms. The lowest BCUT2D eigenvalue weighted by atomic mass is 10.0. The van der Waals surface area contributed by atoms with Crippen LogP contribution >= 0.6 is 0 Å². The third-order valence-corrected chi connectivity index (χ3v) is 8.98. The summed E-state index contributed by atoms with van der Waals surface area (Å²) in [6, 6.07) is 28.2. The Kier molecular flexibility index (Phi) is 11.3. The average Bonchev–Trinajstić information content (AvgIpc) is 3.05. The number of ether oxygens (including phenoxy) is 1. The maximum atomic E-state index is 14.4. The van der Waals surface area contributed by atoms with E-state index in [4.69, 9.17) is 4.74 Å². The minimum Gasteiger partial charge on any atom is -0.497 e. The Morgan fingerprint density at radius 1 is 0.822 bits per heavy atom. The zero-order chi connectivity index (χ0) is 32.4. The topological polar surface area (TPSA) is 96.0 Å². The van der Waals surface area contributed by atoms with Crippen molar-refractivity contribution >= 4 is 27.5 Å². The molecule has 1 N–H and O–H groups in total. The summed E-state index contributed by atoms with van der Waals surface area (Å²) in [7, 11) is -2.71. The highest BCUT2D eigenvalue weighted by Gasteiger charge is 2.34. The van der Waals surface area contributed by atoms with Crippen LogP contribution in [0.1, 0.15) is 25.0 Å². The van der Waals surface area contributed by atoms with E-state index in [0.717, 1.165) is 9.87 Å². The number of rotatable bonds is 14. The first-order valence-corrected chi connectivity index (χ1v) is 16.1. The van der Waals surface area contributed by atoms with E-state index in [-0.39, 0.29) is 35.4 Å². The van der Waals surface area contributed by atoms with Crippen LogP contribution in [0.4, 0.5) is 10.1 Å². The second-order valence-corrected chi connectivity index (χ2v) is 12.9. The molecule has 4 aromatic carbocycles. The molecule has 8 nitrogen and oxygen atoms in total. The monoisotopic (exact) mass is 631 g/mol. The number of hydrogen-bond acceptors (Lipinski definition) is 5. The van der Waals surface area contributed by atoms with E-state index < -0.39 is 34.3 Å². The standard InChI is InChI=1S/C35H38FN3O5S/c1-26(2)23-37-35(41)33(22-27-10-6-4-7-11-27)38(24-28-14-16-29(36)17-15-28)34(40)25-39(30-18-20-31(44-3)21-19-30)45(42,43)32-12-8-5-9-13-32/h4-21,26,33H,22-25H2,1-3H3,(H,37,41)/t33-/m1/s1. The number of hydrogen-bond donors (Lipinski definition) is 1. The second kappa shape index (κ2) is 15.3. The van der Waals surface area contributed by atoms with Crippen LogP contribution in [-0.2, 0) is 32.6 Å². The number of halogens is 1. The Hall–Kier alpha value is -4.70. The third-order valence-electron chi connectivity index (χ3n) is 7.19. The minimum atomic E-state index is -4.21. The molecule has 10 heteroatoms. The number of carbonyl (C=O) groups excluding carboxylic acids is 2. The molecule has 4 rings (SSSR count). The number of amides is 2. The molecule has 236 valence electrons. The van der Waals surface area contributed by atoms with Gasteiger partial charge >= 0.3 is 0 Å². The second-order valence-electron chi connectivity index (χ2n) is 11.0. The van der Waals surface area contributed by atoms with E-state index in [9.17, 15) is 22.4 Å². The Labute approximate surface area is 264 Å². The lowest BCUT2D eigenvalue weighted by Gasteiger charge is -2.34. The number of carbonyl (C=O) groups is 2. The summed E-state index contributed by atoms with van der Waals surface area (Å²) in [6.45, 7) is 3.69. The molecule has 0 bridgehead atoms. The van der Waals surface area contributed by atoms with Gasteiger partial charge in [-0.25, -0.2) is 12.8 Å². The van der Waals surface area contributed by atoms with E-state index in [0.29, 0.717) is 17.9 Å². The highest BCUT2D eigenvalue weighted by atomic mass is 32.2. The Morgan fingerprint density at radius 2 is 1.42 bits per heavy atom. The van der Waals surface area contributed by atoms with E-state index >= 15 is 0 Å². The molecule has 4 aromatic rings. The number of nitrogens with one attached hydrogen (secondary N) is 1. The number of benzene rings is 4. The number of nitrogens with zero attached hydrogens (tertiary/aromatic N) is 2. The summed E-state index contributed by atoms with van der Waals surface area (Å²) in [5.41, 5.74) is 1.66. The van der Waals surface area contributed by atoms with Gasteiger partial charge in [0, 0.05) is 19.5 Å². The number of anilines is 1. The summed E-state index contributed by atoms with van der Waals surface area (Å²) in [6.07, 6.45) is 0.186. The average molecular weight is 632 g/mol. The van der Waals surface area contributed by atoms with Crippen molar-refractivity contribution in [2.75, 3.05) is 24.5 Å². The molecule has 1 atom stereocenters. The number of methoxy groups -OCH3 is 1. The van der Waals surface area contributed by atoms with Gasteiger partial charge in [-0.05, 0) is 65.6 Å². The summed E-state index contributed by atoms with van der Waals surface area (Å²) >= 11 is 0. The molecule has 0 fully saturated rings. The molecule has 0 saturated carbocycles. The van der Waals surface area contributed by atoms with Crippen molar-refractivity contribution < 1.29 is 27.1 Å². The van der Waals surface area contributed by atoms with Gasteiger partial charge < -0.3 is 15.0 Å². The predicted molar refractivity (Wildman–Crippen MR) is 173 cm³/mol. The fourth-order valence-electron chi connectivity index (χ4n) is 4.76. The molecule has 0 unspecified atom stereocenters. The fraction of sp³-hybridized carbons (Fsp3) is 0.257. The van der Waals surface area contributed by atoms with Gasteiger partial charge in [0.1, 0.15) is 24.2 Å². The zero-order valence-corrected chi connectivity index (χ0v) is 26.4. The SMILES string of the molecule is COc1ccc(N(CC(=O)N(Cc2ccc(F)cc2)[C@H](Cc2ccccc2)C(=O)NCC(C)C)S(=O)(=O)c2ccccc2)cc1. The largest absolute Gasteiger partial charge is 0.497 e. The molecule has 0 radical (unpaired) electrons. The summed E-state index contributed by atoms with van der Waals surface area (Å²) < 4.78 is 48.1. The van der Waals surface area contributed by atoms with Gasteiger partial charge in [-0.2, -0.15) is 0 Å². The normalized spacial score (nSPS) is 11.9. The molecule has 2 amide bonds. The number of sulfonamides is 1. The minimum absolute atomic E-state index is 0.00853. The van der Waals surface area contributed by atoms with Crippen molar-refractivity contribution in [3.63, 3.8) is 0 Å². The maximum Gasteiger partial charge on any atom is 0.264 e. The lowest BCUT2D eigenvalue weighted by molar-refractivity contribution is -0.140. The summed E-state index contributed by atoms with van der Waals surface area (Å²) in [4.78, 5) is 29.6. The molecular formula is C35H38FN3O5S. The van der Waals surface area contributed by atoms with Crippen molar-refractivity contribution in [1.82, 2.24) is 10.2 Å². The predicted octanol–water partition coefficient (Wildman–Crippen LogP) is 5.44. The van der Waals surface area contributed by atoms with Crippen molar-refractivity contribution in [3.8, 4) is 5.75 Å². The summed E-state index contributed by atoms with van der Waals surface area (Å²) in [5.74, 6) is -0.731. The van der Waals surface area contributed by atoms with Gasteiger partial charge in [0.15, 0.2) is 0 Å². The first-order chi connectivity index (χ1) is 21.6. The molecule has 0 aliphatic heterocycles. The smallest absolute Gasteiger partial charge is 0.264 e. The third kappa shape index (κ3) is 8.92. The van der Waals surface area contributed by atoms with Crippen LogP contribution in [0.5, 0.6) is 5.75 Å². The molecular weight excluding hydrogens is 593 g/mol. The van der Waals surface area contributed by atoms with Gasteiger partial charge in [0.05, 0.1) is 17.7 Å². The highest BCUT2D eigenvalue weighted by Crippen LogP contribution is 2.27. The van der Waals surface area contributed by atoms with Crippen LogP contribution < -0.4 is 14.4 Å². The Balaban J connectivity index is 1.78. The van der Waals surface area contributed by atoms with Gasteiger partial charge in [-0.1, -0.05) is 74.5 Å². The van der Waals surface area contributed by atoms with Crippen LogP contribution in [0.2, 0.25) is 0 Å². The Bertz CT molecular complexity index is 1650. The lowest BCUT2D eigenvalue weighted by Crippen LogP contribution is -2.53. The molecule has 0 aromatic heterocycles. The summed E-state index contributed by atoms with van der Waals surface area (Å²) in [5, 5.41) is 2.95. The van der Waals surface area contributed by atoms with Gasteiger partial charge in [0.2, 0.25) is 11.8 Å². The highest BCUT2D eigenvalue weighted by molar-refractivity contribution is 7.92. The van der Waals surface area contributed by atoms with Crippen molar-refractivity contribution in [2.45, 2.75) is 37.8 Å². The molecule has 45 heavy (non-hydrogen) atoms. The Morgan fingerprint density at radius 3 is 2.00 bits per heavy atom. The van der Waals surface area contributed by atoms with E-state index in [2.05, 4.69) is 5.32 Å². The molecule has 0 aliphatic rings. The first kappa shape index (κ1) is 33.2. The van der Waals surface area contributed by atoms with Crippen LogP contribution in [0.25, 0.3) is 0 Å². The first-order valence-electron chi connectivity index (χ1n) is 14.7. The molecule has 0 saturated heterocycles.